The molecule has 6 heteroatoms. The molecular weight excluding hydrogens is 270 g/mol. The predicted octanol–water partition coefficient (Wildman–Crippen LogP) is 1.69. The van der Waals surface area contributed by atoms with Crippen molar-refractivity contribution in [2.45, 2.75) is 13.3 Å². The first kappa shape index (κ1) is 13.4. The second kappa shape index (κ2) is 4.73. The second-order valence-corrected chi connectivity index (χ2v) is 5.07. The summed E-state index contributed by atoms with van der Waals surface area (Å²) >= 11 is 0. The van der Waals surface area contributed by atoms with Gasteiger partial charge in [0, 0.05) is 31.8 Å². The SMILES string of the molecule is CC(=O)N1CCc2c(-c3cc(C(=O)O)nn3C)cccc21. The molecule has 1 N–H and O–H groups in total. The van der Waals surface area contributed by atoms with E-state index in [0.717, 1.165) is 28.9 Å². The third kappa shape index (κ3) is 2.08. The number of carbonyl (C=O) groups excluding carboxylic acids is 1. The van der Waals surface area contributed by atoms with Gasteiger partial charge in [0.25, 0.3) is 0 Å². The van der Waals surface area contributed by atoms with Crippen molar-refractivity contribution in [3.05, 3.63) is 35.5 Å². The Morgan fingerprint density at radius 2 is 2.10 bits per heavy atom. The van der Waals surface area contributed by atoms with Gasteiger partial charge in [0.05, 0.1) is 5.69 Å². The minimum absolute atomic E-state index is 0.0159. The van der Waals surface area contributed by atoms with Gasteiger partial charge in [-0.05, 0) is 24.1 Å². The molecule has 0 radical (unpaired) electrons. The van der Waals surface area contributed by atoms with Crippen LogP contribution in [0.3, 0.4) is 0 Å². The molecule has 1 aromatic carbocycles. The van der Waals surface area contributed by atoms with E-state index in [1.165, 1.54) is 0 Å². The molecule has 0 fully saturated rings. The molecule has 0 atom stereocenters. The molecule has 21 heavy (non-hydrogen) atoms. The monoisotopic (exact) mass is 285 g/mol. The average molecular weight is 285 g/mol. The fourth-order valence-electron chi connectivity index (χ4n) is 2.83. The van der Waals surface area contributed by atoms with E-state index in [1.54, 1.807) is 29.6 Å². The van der Waals surface area contributed by atoms with Crippen LogP contribution in [-0.4, -0.2) is 33.3 Å². The van der Waals surface area contributed by atoms with E-state index in [-0.39, 0.29) is 11.6 Å². The maximum absolute atomic E-state index is 11.6. The zero-order valence-corrected chi connectivity index (χ0v) is 11.8. The number of hydrogen-bond acceptors (Lipinski definition) is 3. The Balaban J connectivity index is 2.13. The van der Waals surface area contributed by atoms with Gasteiger partial charge in [-0.1, -0.05) is 12.1 Å². The van der Waals surface area contributed by atoms with Crippen LogP contribution in [0.25, 0.3) is 11.3 Å². The molecule has 0 spiro atoms. The number of anilines is 1. The normalized spacial score (nSPS) is 13.3. The maximum Gasteiger partial charge on any atom is 0.356 e. The van der Waals surface area contributed by atoms with Crippen molar-refractivity contribution in [2.75, 3.05) is 11.4 Å². The number of aromatic carboxylic acids is 1. The molecule has 2 heterocycles. The molecule has 108 valence electrons. The highest BCUT2D eigenvalue weighted by atomic mass is 16.4. The Kier molecular flexibility index (Phi) is 3.01. The summed E-state index contributed by atoms with van der Waals surface area (Å²) in [6.07, 6.45) is 0.763. The fourth-order valence-corrected chi connectivity index (χ4v) is 2.83. The minimum atomic E-state index is -1.05. The number of carboxylic acid groups (broad SMARTS) is 1. The van der Waals surface area contributed by atoms with Gasteiger partial charge in [0.15, 0.2) is 5.69 Å². The molecule has 0 saturated carbocycles. The predicted molar refractivity (Wildman–Crippen MR) is 77.3 cm³/mol. The van der Waals surface area contributed by atoms with Crippen molar-refractivity contribution < 1.29 is 14.7 Å². The summed E-state index contributed by atoms with van der Waals surface area (Å²) in [6.45, 7) is 2.21. The number of carbonyl (C=O) groups is 2. The van der Waals surface area contributed by atoms with Gasteiger partial charge in [0.2, 0.25) is 5.91 Å². The molecule has 1 aliphatic rings. The highest BCUT2D eigenvalue weighted by Gasteiger charge is 2.26. The number of aryl methyl sites for hydroxylation is 1. The highest BCUT2D eigenvalue weighted by molar-refractivity contribution is 5.95. The molecule has 1 amide bonds. The first-order valence-electron chi connectivity index (χ1n) is 6.66. The third-order valence-electron chi connectivity index (χ3n) is 3.78. The third-order valence-corrected chi connectivity index (χ3v) is 3.78. The quantitative estimate of drug-likeness (QED) is 0.911. The van der Waals surface area contributed by atoms with E-state index >= 15 is 0 Å². The smallest absolute Gasteiger partial charge is 0.356 e. The van der Waals surface area contributed by atoms with Crippen LogP contribution in [0.15, 0.2) is 24.3 Å². The summed E-state index contributed by atoms with van der Waals surface area (Å²) in [6, 6.07) is 7.30. The highest BCUT2D eigenvalue weighted by Crippen LogP contribution is 2.36. The summed E-state index contributed by atoms with van der Waals surface area (Å²) in [5.74, 6) is -1.03. The van der Waals surface area contributed by atoms with Crippen LogP contribution in [0.1, 0.15) is 23.0 Å². The fraction of sp³-hybridized carbons (Fsp3) is 0.267. The Labute approximate surface area is 121 Å². The Morgan fingerprint density at radius 1 is 1.33 bits per heavy atom. The molecule has 1 aliphatic heterocycles. The van der Waals surface area contributed by atoms with E-state index < -0.39 is 5.97 Å². The molecule has 3 rings (SSSR count). The maximum atomic E-state index is 11.6. The van der Waals surface area contributed by atoms with E-state index in [2.05, 4.69) is 5.10 Å². The lowest BCUT2D eigenvalue weighted by Crippen LogP contribution is -2.25. The van der Waals surface area contributed by atoms with Crippen molar-refractivity contribution in [1.29, 1.82) is 0 Å². The van der Waals surface area contributed by atoms with Gasteiger partial charge in [-0.3, -0.25) is 9.48 Å². The van der Waals surface area contributed by atoms with Crippen LogP contribution in [0.2, 0.25) is 0 Å². The molecule has 1 aromatic heterocycles. The molecule has 0 unspecified atom stereocenters. The Morgan fingerprint density at radius 3 is 2.71 bits per heavy atom. The first-order valence-corrected chi connectivity index (χ1v) is 6.66. The Bertz CT molecular complexity index is 749. The van der Waals surface area contributed by atoms with Crippen LogP contribution >= 0.6 is 0 Å². The van der Waals surface area contributed by atoms with Crippen LogP contribution in [-0.2, 0) is 18.3 Å². The summed E-state index contributed by atoms with van der Waals surface area (Å²) in [5.41, 5.74) is 3.66. The number of fused-ring (bicyclic) bond motifs is 1. The molecule has 6 nitrogen and oxygen atoms in total. The van der Waals surface area contributed by atoms with Crippen LogP contribution in [0, 0.1) is 0 Å². The van der Waals surface area contributed by atoms with Gasteiger partial charge in [-0.25, -0.2) is 4.79 Å². The van der Waals surface area contributed by atoms with Gasteiger partial charge in [-0.15, -0.1) is 0 Å². The largest absolute Gasteiger partial charge is 0.476 e. The number of hydrogen-bond donors (Lipinski definition) is 1. The Hall–Kier alpha value is -2.63. The van der Waals surface area contributed by atoms with Crippen LogP contribution < -0.4 is 4.90 Å². The summed E-state index contributed by atoms with van der Waals surface area (Å²) in [4.78, 5) is 24.4. The molecule has 2 aromatic rings. The van der Waals surface area contributed by atoms with Crippen molar-refractivity contribution >= 4 is 17.6 Å². The van der Waals surface area contributed by atoms with Crippen molar-refractivity contribution in [1.82, 2.24) is 9.78 Å². The number of carboxylic acids is 1. The van der Waals surface area contributed by atoms with E-state index in [1.807, 2.05) is 18.2 Å². The number of aromatic nitrogens is 2. The lowest BCUT2D eigenvalue weighted by atomic mass is 10.0. The van der Waals surface area contributed by atoms with Crippen LogP contribution in [0.5, 0.6) is 0 Å². The lowest BCUT2D eigenvalue weighted by Gasteiger charge is -2.15. The summed E-state index contributed by atoms with van der Waals surface area (Å²) < 4.78 is 1.56. The van der Waals surface area contributed by atoms with E-state index in [9.17, 15) is 9.59 Å². The van der Waals surface area contributed by atoms with Gasteiger partial charge in [-0.2, -0.15) is 5.10 Å². The zero-order valence-electron chi connectivity index (χ0n) is 11.8. The van der Waals surface area contributed by atoms with Gasteiger partial charge < -0.3 is 10.0 Å². The number of rotatable bonds is 2. The number of nitrogens with zero attached hydrogens (tertiary/aromatic N) is 3. The standard InChI is InChI=1S/C15H15N3O3/c1-9(19)18-7-6-11-10(4-3-5-13(11)18)14-8-12(15(20)21)16-17(14)2/h3-5,8H,6-7H2,1-2H3,(H,20,21). The molecule has 0 saturated heterocycles. The summed E-state index contributed by atoms with van der Waals surface area (Å²) in [7, 11) is 1.72. The first-order chi connectivity index (χ1) is 9.99. The van der Waals surface area contributed by atoms with E-state index in [0.29, 0.717) is 6.54 Å². The second-order valence-electron chi connectivity index (χ2n) is 5.07. The lowest BCUT2D eigenvalue weighted by molar-refractivity contribution is -0.116. The number of amides is 1. The van der Waals surface area contributed by atoms with Crippen molar-refractivity contribution in [3.63, 3.8) is 0 Å². The van der Waals surface area contributed by atoms with Gasteiger partial charge >= 0.3 is 5.97 Å². The van der Waals surface area contributed by atoms with E-state index in [4.69, 9.17) is 5.11 Å². The van der Waals surface area contributed by atoms with Crippen molar-refractivity contribution in [3.8, 4) is 11.3 Å². The van der Waals surface area contributed by atoms with Crippen molar-refractivity contribution in [2.24, 2.45) is 7.05 Å². The topological polar surface area (TPSA) is 75.4 Å². The number of benzene rings is 1. The molecule has 0 aliphatic carbocycles. The van der Waals surface area contributed by atoms with Crippen LogP contribution in [0.4, 0.5) is 5.69 Å². The minimum Gasteiger partial charge on any atom is -0.476 e. The molecular formula is C15H15N3O3. The van der Waals surface area contributed by atoms with Gasteiger partial charge in [0.1, 0.15) is 0 Å². The summed E-state index contributed by atoms with van der Waals surface area (Å²) in [5, 5.41) is 13.1. The zero-order chi connectivity index (χ0) is 15.1. The molecule has 0 bridgehead atoms. The average Bonchev–Trinajstić information content (AvgIpc) is 3.01.